The fourth-order valence-corrected chi connectivity index (χ4v) is 2.00. The number of hydrogen-bond donors (Lipinski definition) is 2. The van der Waals surface area contributed by atoms with Gasteiger partial charge in [0.15, 0.2) is 0 Å². The second kappa shape index (κ2) is 6.52. The lowest BCUT2D eigenvalue weighted by atomic mass is 10.1. The zero-order valence-electron chi connectivity index (χ0n) is 11.0. The van der Waals surface area contributed by atoms with E-state index < -0.39 is 0 Å². The number of aromatic nitrogens is 2. The highest BCUT2D eigenvalue weighted by Gasteiger charge is 2.06. The van der Waals surface area contributed by atoms with Crippen molar-refractivity contribution >= 4 is 27.7 Å². The highest BCUT2D eigenvalue weighted by atomic mass is 79.9. The van der Waals surface area contributed by atoms with Crippen LogP contribution < -0.4 is 10.6 Å². The zero-order valence-corrected chi connectivity index (χ0v) is 12.6. The van der Waals surface area contributed by atoms with Gasteiger partial charge in [0.1, 0.15) is 5.82 Å². The van der Waals surface area contributed by atoms with Crippen LogP contribution >= 0.6 is 15.9 Å². The summed E-state index contributed by atoms with van der Waals surface area (Å²) in [5.41, 5.74) is 1.21. The van der Waals surface area contributed by atoms with Crippen molar-refractivity contribution in [3.05, 3.63) is 46.6 Å². The van der Waals surface area contributed by atoms with Crippen LogP contribution in [0.5, 0.6) is 0 Å². The minimum absolute atomic E-state index is 0.192. The van der Waals surface area contributed by atoms with Crippen molar-refractivity contribution in [2.45, 2.75) is 19.9 Å². The first kappa shape index (κ1) is 13.8. The third kappa shape index (κ3) is 3.92. The molecule has 0 aliphatic carbocycles. The van der Waals surface area contributed by atoms with Crippen molar-refractivity contribution in [3.8, 4) is 0 Å². The standard InChI is InChI=1S/C14H17BrN4/c1-3-16-14-17-9-8-13(19-14)18-10(2)11-4-6-12(15)7-5-11/h4-10H,3H2,1-2H3,(H2,16,17,18,19). The van der Waals surface area contributed by atoms with Crippen molar-refractivity contribution < 1.29 is 0 Å². The second-order valence-corrected chi connectivity index (χ2v) is 5.13. The van der Waals surface area contributed by atoms with Gasteiger partial charge in [0.05, 0.1) is 0 Å². The molecule has 1 unspecified atom stereocenters. The number of rotatable bonds is 5. The van der Waals surface area contributed by atoms with E-state index in [0.29, 0.717) is 5.95 Å². The van der Waals surface area contributed by atoms with Crippen LogP contribution in [0.2, 0.25) is 0 Å². The van der Waals surface area contributed by atoms with E-state index in [1.54, 1.807) is 6.20 Å². The minimum Gasteiger partial charge on any atom is -0.363 e. The second-order valence-electron chi connectivity index (χ2n) is 4.21. The molecule has 4 nitrogen and oxygen atoms in total. The predicted molar refractivity (Wildman–Crippen MR) is 82.4 cm³/mol. The third-order valence-corrected chi connectivity index (χ3v) is 3.25. The third-order valence-electron chi connectivity index (χ3n) is 2.72. The first-order valence-corrected chi connectivity index (χ1v) is 7.07. The normalized spacial score (nSPS) is 11.9. The number of hydrogen-bond acceptors (Lipinski definition) is 4. The summed E-state index contributed by atoms with van der Waals surface area (Å²) in [5, 5.41) is 6.47. The van der Waals surface area contributed by atoms with Gasteiger partial charge in [0, 0.05) is 23.3 Å². The molecule has 0 aliphatic heterocycles. The predicted octanol–water partition coefficient (Wildman–Crippen LogP) is 3.84. The van der Waals surface area contributed by atoms with Gasteiger partial charge in [-0.05, 0) is 37.6 Å². The van der Waals surface area contributed by atoms with Crippen LogP contribution in [0.3, 0.4) is 0 Å². The first-order valence-electron chi connectivity index (χ1n) is 6.28. The number of nitrogens with zero attached hydrogens (tertiary/aromatic N) is 2. The Kier molecular flexibility index (Phi) is 4.74. The molecule has 0 amide bonds. The zero-order chi connectivity index (χ0) is 13.7. The number of nitrogens with one attached hydrogen (secondary N) is 2. The van der Waals surface area contributed by atoms with Crippen LogP contribution in [-0.2, 0) is 0 Å². The molecule has 0 spiro atoms. The van der Waals surface area contributed by atoms with E-state index in [0.717, 1.165) is 16.8 Å². The average molecular weight is 321 g/mol. The van der Waals surface area contributed by atoms with Crippen LogP contribution in [0, 0.1) is 0 Å². The summed E-state index contributed by atoms with van der Waals surface area (Å²) in [5.74, 6) is 1.47. The summed E-state index contributed by atoms with van der Waals surface area (Å²) in [4.78, 5) is 8.56. The van der Waals surface area contributed by atoms with E-state index in [4.69, 9.17) is 0 Å². The molecule has 1 atom stereocenters. The Bertz CT molecular complexity index is 527. The molecule has 0 radical (unpaired) electrons. The van der Waals surface area contributed by atoms with E-state index in [-0.39, 0.29) is 6.04 Å². The molecule has 19 heavy (non-hydrogen) atoms. The number of anilines is 2. The molecule has 1 aromatic heterocycles. The minimum atomic E-state index is 0.192. The Labute approximate surface area is 121 Å². The maximum atomic E-state index is 4.40. The largest absolute Gasteiger partial charge is 0.363 e. The number of halogens is 1. The molecule has 1 heterocycles. The van der Waals surface area contributed by atoms with Crippen molar-refractivity contribution in [3.63, 3.8) is 0 Å². The molecule has 100 valence electrons. The Hall–Kier alpha value is -1.62. The smallest absolute Gasteiger partial charge is 0.224 e. The van der Waals surface area contributed by atoms with Gasteiger partial charge in [-0.2, -0.15) is 4.98 Å². The van der Waals surface area contributed by atoms with Gasteiger partial charge >= 0.3 is 0 Å². The Balaban J connectivity index is 2.07. The Morgan fingerprint density at radius 3 is 2.63 bits per heavy atom. The summed E-state index contributed by atoms with van der Waals surface area (Å²) < 4.78 is 1.08. The van der Waals surface area contributed by atoms with Crippen molar-refractivity contribution in [2.75, 3.05) is 17.2 Å². The lowest BCUT2D eigenvalue weighted by Crippen LogP contribution is -2.09. The van der Waals surface area contributed by atoms with Crippen LogP contribution in [0.25, 0.3) is 0 Å². The van der Waals surface area contributed by atoms with Crippen LogP contribution in [0.15, 0.2) is 41.0 Å². The highest BCUT2D eigenvalue weighted by Crippen LogP contribution is 2.20. The van der Waals surface area contributed by atoms with Gasteiger partial charge in [-0.1, -0.05) is 28.1 Å². The van der Waals surface area contributed by atoms with Crippen molar-refractivity contribution in [1.82, 2.24) is 9.97 Å². The lowest BCUT2D eigenvalue weighted by molar-refractivity contribution is 0.871. The Morgan fingerprint density at radius 1 is 1.21 bits per heavy atom. The molecule has 5 heteroatoms. The van der Waals surface area contributed by atoms with Gasteiger partial charge in [-0.15, -0.1) is 0 Å². The molecule has 0 bridgehead atoms. The molecule has 2 N–H and O–H groups in total. The monoisotopic (exact) mass is 320 g/mol. The number of benzene rings is 1. The first-order chi connectivity index (χ1) is 9.19. The van der Waals surface area contributed by atoms with E-state index in [9.17, 15) is 0 Å². The maximum absolute atomic E-state index is 4.40. The molecule has 0 saturated heterocycles. The topological polar surface area (TPSA) is 49.8 Å². The Morgan fingerprint density at radius 2 is 1.95 bits per heavy atom. The summed E-state index contributed by atoms with van der Waals surface area (Å²) >= 11 is 3.44. The lowest BCUT2D eigenvalue weighted by Gasteiger charge is -2.15. The molecular weight excluding hydrogens is 304 g/mol. The van der Waals surface area contributed by atoms with Crippen molar-refractivity contribution in [1.29, 1.82) is 0 Å². The van der Waals surface area contributed by atoms with E-state index in [1.165, 1.54) is 5.56 Å². The van der Waals surface area contributed by atoms with Crippen molar-refractivity contribution in [2.24, 2.45) is 0 Å². The van der Waals surface area contributed by atoms with Gasteiger partial charge < -0.3 is 10.6 Å². The highest BCUT2D eigenvalue weighted by molar-refractivity contribution is 9.10. The molecule has 0 aliphatic rings. The molecule has 0 saturated carbocycles. The van der Waals surface area contributed by atoms with Gasteiger partial charge in [0.25, 0.3) is 0 Å². The summed E-state index contributed by atoms with van der Waals surface area (Å²) in [7, 11) is 0. The van der Waals surface area contributed by atoms with Gasteiger partial charge in [0.2, 0.25) is 5.95 Å². The fourth-order valence-electron chi connectivity index (χ4n) is 1.74. The average Bonchev–Trinajstić information content (AvgIpc) is 2.40. The van der Waals surface area contributed by atoms with E-state index in [1.807, 2.05) is 25.1 Å². The summed E-state index contributed by atoms with van der Waals surface area (Å²) in [6.07, 6.45) is 1.75. The SMILES string of the molecule is CCNc1nccc(NC(C)c2ccc(Br)cc2)n1. The quantitative estimate of drug-likeness (QED) is 0.878. The molecule has 0 fully saturated rings. The van der Waals surface area contributed by atoms with E-state index >= 15 is 0 Å². The fraction of sp³-hybridized carbons (Fsp3) is 0.286. The molecular formula is C14H17BrN4. The van der Waals surface area contributed by atoms with Crippen LogP contribution in [0.1, 0.15) is 25.5 Å². The van der Waals surface area contributed by atoms with E-state index in [2.05, 4.69) is 55.6 Å². The maximum Gasteiger partial charge on any atom is 0.224 e. The van der Waals surface area contributed by atoms with Gasteiger partial charge in [-0.3, -0.25) is 0 Å². The van der Waals surface area contributed by atoms with Gasteiger partial charge in [-0.25, -0.2) is 4.98 Å². The van der Waals surface area contributed by atoms with Crippen LogP contribution in [-0.4, -0.2) is 16.5 Å². The summed E-state index contributed by atoms with van der Waals surface area (Å²) in [6.45, 7) is 4.94. The van der Waals surface area contributed by atoms with Crippen LogP contribution in [0.4, 0.5) is 11.8 Å². The molecule has 2 rings (SSSR count). The summed E-state index contributed by atoms with van der Waals surface area (Å²) in [6, 6.07) is 10.3. The molecule has 1 aromatic carbocycles. The molecule has 2 aromatic rings.